The van der Waals surface area contributed by atoms with Crippen LogP contribution in [0.15, 0.2) is 140 Å². The van der Waals surface area contributed by atoms with Gasteiger partial charge in [-0.05, 0) is 65.4 Å². The Morgan fingerprint density at radius 3 is 1.71 bits per heavy atom. The summed E-state index contributed by atoms with van der Waals surface area (Å²) < 4.78 is 11.6. The van der Waals surface area contributed by atoms with Gasteiger partial charge in [0, 0.05) is 18.0 Å². The van der Waals surface area contributed by atoms with Crippen molar-refractivity contribution in [3.63, 3.8) is 0 Å². The van der Waals surface area contributed by atoms with E-state index in [0.717, 1.165) is 22.3 Å². The zero-order chi connectivity index (χ0) is 33.6. The Hall–Kier alpha value is -5.89. The quantitative estimate of drug-likeness (QED) is 0.121. The third kappa shape index (κ3) is 10.6. The van der Waals surface area contributed by atoms with Crippen LogP contribution in [0, 0.1) is 0 Å². The van der Waals surface area contributed by atoms with Gasteiger partial charge in [-0.15, -0.1) is 0 Å². The van der Waals surface area contributed by atoms with Crippen LogP contribution < -0.4 is 20.1 Å². The third-order valence-corrected chi connectivity index (χ3v) is 7.70. The second-order valence-corrected chi connectivity index (χ2v) is 11.4. The maximum Gasteiger partial charge on any atom is 0.326 e. The molecule has 244 valence electrons. The van der Waals surface area contributed by atoms with Gasteiger partial charge in [0.25, 0.3) is 11.8 Å². The second-order valence-electron chi connectivity index (χ2n) is 11.4. The van der Waals surface area contributed by atoms with Crippen molar-refractivity contribution in [2.24, 2.45) is 0 Å². The molecule has 0 aliphatic heterocycles. The first-order valence-electron chi connectivity index (χ1n) is 15.8. The lowest BCUT2D eigenvalue weighted by Gasteiger charge is -2.19. The van der Waals surface area contributed by atoms with E-state index in [1.54, 1.807) is 42.5 Å². The first-order chi connectivity index (χ1) is 23.4. The van der Waals surface area contributed by atoms with Crippen LogP contribution >= 0.6 is 0 Å². The molecule has 3 N–H and O–H groups in total. The van der Waals surface area contributed by atoms with Crippen LogP contribution in [0.4, 0.5) is 0 Å². The summed E-state index contributed by atoms with van der Waals surface area (Å²) in [6.45, 7) is 0.179. The lowest BCUT2D eigenvalue weighted by Crippen LogP contribution is -2.42. The summed E-state index contributed by atoms with van der Waals surface area (Å²) in [7, 11) is 0. The number of carbonyl (C=O) groups is 3. The van der Waals surface area contributed by atoms with Gasteiger partial charge in [-0.2, -0.15) is 0 Å². The van der Waals surface area contributed by atoms with Gasteiger partial charge in [0.05, 0.1) is 0 Å². The van der Waals surface area contributed by atoms with E-state index in [1.165, 1.54) is 6.07 Å². The third-order valence-electron chi connectivity index (χ3n) is 7.70. The maximum absolute atomic E-state index is 13.1. The molecule has 5 rings (SSSR count). The first-order valence-corrected chi connectivity index (χ1v) is 15.8. The van der Waals surface area contributed by atoms with E-state index in [1.807, 2.05) is 91.0 Å². The minimum atomic E-state index is -1.16. The zero-order valence-corrected chi connectivity index (χ0v) is 26.5. The fraction of sp³-hybridized carbons (Fsp3) is 0.175. The lowest BCUT2D eigenvalue weighted by atomic mass is 9.99. The number of hydrogen-bond donors (Lipinski definition) is 3. The molecular formula is C40H38N2O6. The fourth-order valence-corrected chi connectivity index (χ4v) is 5.26. The monoisotopic (exact) mass is 642 g/mol. The van der Waals surface area contributed by atoms with Crippen molar-refractivity contribution in [3.05, 3.63) is 167 Å². The van der Waals surface area contributed by atoms with Crippen LogP contribution in [0.2, 0.25) is 0 Å². The number of amides is 2. The van der Waals surface area contributed by atoms with Gasteiger partial charge in [-0.3, -0.25) is 9.59 Å². The molecule has 0 radical (unpaired) electrons. The Balaban J connectivity index is 1.14. The SMILES string of the molecule is O=C(COc1cccc(C(=O)NC(Cc2ccc(OCc3ccccc3)cc2)C(=O)O)c1)NC(Cc1ccccc1)Cc1ccccc1. The molecule has 8 heteroatoms. The molecule has 5 aromatic rings. The van der Waals surface area contributed by atoms with Gasteiger partial charge in [-0.25, -0.2) is 4.79 Å². The predicted octanol–water partition coefficient (Wildman–Crippen LogP) is 6.04. The molecule has 1 atom stereocenters. The second kappa shape index (κ2) is 17.1. The highest BCUT2D eigenvalue weighted by atomic mass is 16.5. The van der Waals surface area contributed by atoms with Crippen LogP contribution in [0.1, 0.15) is 32.6 Å². The number of carbonyl (C=O) groups excluding carboxylic acids is 2. The van der Waals surface area contributed by atoms with Gasteiger partial charge in [0.2, 0.25) is 0 Å². The molecule has 0 saturated heterocycles. The van der Waals surface area contributed by atoms with E-state index in [2.05, 4.69) is 10.6 Å². The van der Waals surface area contributed by atoms with Crippen LogP contribution in [0.5, 0.6) is 11.5 Å². The molecule has 8 nitrogen and oxygen atoms in total. The number of carboxylic acid groups (broad SMARTS) is 1. The average molecular weight is 643 g/mol. The predicted molar refractivity (Wildman–Crippen MR) is 184 cm³/mol. The van der Waals surface area contributed by atoms with Crippen LogP contribution in [-0.2, 0) is 35.5 Å². The van der Waals surface area contributed by atoms with Gasteiger partial charge in [0.15, 0.2) is 6.61 Å². The fourth-order valence-electron chi connectivity index (χ4n) is 5.26. The van der Waals surface area contributed by atoms with Crippen LogP contribution in [0.25, 0.3) is 0 Å². The standard InChI is InChI=1S/C40H38N2O6/c43-38(41-34(23-29-11-4-1-5-12-29)24-30-13-6-2-7-14-30)28-48-36-18-10-17-33(26-36)39(44)42-37(40(45)46)25-31-19-21-35(22-20-31)47-27-32-15-8-3-9-16-32/h1-22,26,34,37H,23-25,27-28H2,(H,41,43)(H,42,44)(H,45,46). The number of hydrogen-bond acceptors (Lipinski definition) is 5. The molecule has 0 aromatic heterocycles. The molecule has 0 aliphatic rings. The summed E-state index contributed by atoms with van der Waals surface area (Å²) in [4.78, 5) is 38.1. The number of rotatable bonds is 16. The van der Waals surface area contributed by atoms with Crippen molar-refractivity contribution >= 4 is 17.8 Å². The highest BCUT2D eigenvalue weighted by molar-refractivity contribution is 5.97. The van der Waals surface area contributed by atoms with Crippen LogP contribution in [-0.4, -0.2) is 41.6 Å². The lowest BCUT2D eigenvalue weighted by molar-refractivity contribution is -0.139. The largest absolute Gasteiger partial charge is 0.489 e. The van der Waals surface area contributed by atoms with E-state index in [4.69, 9.17) is 9.47 Å². The highest BCUT2D eigenvalue weighted by Gasteiger charge is 2.22. The van der Waals surface area contributed by atoms with E-state index in [9.17, 15) is 19.5 Å². The minimum absolute atomic E-state index is 0.0868. The molecule has 0 fully saturated rings. The van der Waals surface area contributed by atoms with Gasteiger partial charge in [-0.1, -0.05) is 109 Å². The van der Waals surface area contributed by atoms with E-state index < -0.39 is 17.9 Å². The smallest absolute Gasteiger partial charge is 0.326 e. The van der Waals surface area contributed by atoms with Gasteiger partial charge in [0.1, 0.15) is 24.1 Å². The summed E-state index contributed by atoms with van der Waals surface area (Å²) in [5, 5.41) is 15.5. The molecular weight excluding hydrogens is 604 g/mol. The molecule has 0 heterocycles. The Labute approximate surface area is 280 Å². The zero-order valence-electron chi connectivity index (χ0n) is 26.5. The number of benzene rings is 5. The first kappa shape index (κ1) is 33.5. The molecule has 1 unspecified atom stereocenters. The van der Waals surface area contributed by atoms with Crippen molar-refractivity contribution in [2.75, 3.05) is 6.61 Å². The van der Waals surface area contributed by atoms with Crippen molar-refractivity contribution in [2.45, 2.75) is 38.0 Å². The summed E-state index contributed by atoms with van der Waals surface area (Å²) in [6, 6.07) is 41.9. The average Bonchev–Trinajstić information content (AvgIpc) is 3.11. The van der Waals surface area contributed by atoms with Crippen molar-refractivity contribution < 1.29 is 29.0 Å². The van der Waals surface area contributed by atoms with Crippen molar-refractivity contribution in [1.29, 1.82) is 0 Å². The maximum atomic E-state index is 13.1. The highest BCUT2D eigenvalue weighted by Crippen LogP contribution is 2.17. The Bertz CT molecular complexity index is 1720. The number of carboxylic acids is 1. The van der Waals surface area contributed by atoms with Gasteiger partial charge >= 0.3 is 5.97 Å². The van der Waals surface area contributed by atoms with Crippen LogP contribution in [0.3, 0.4) is 0 Å². The normalized spacial score (nSPS) is 11.4. The number of nitrogens with one attached hydrogen (secondary N) is 2. The topological polar surface area (TPSA) is 114 Å². The summed E-state index contributed by atoms with van der Waals surface area (Å²) in [5.74, 6) is -1.03. The molecule has 2 amide bonds. The molecule has 0 saturated carbocycles. The minimum Gasteiger partial charge on any atom is -0.489 e. The molecule has 0 spiro atoms. The molecule has 5 aromatic carbocycles. The molecule has 48 heavy (non-hydrogen) atoms. The summed E-state index contributed by atoms with van der Waals surface area (Å²) in [5.41, 5.74) is 4.22. The Morgan fingerprint density at radius 1 is 0.562 bits per heavy atom. The van der Waals surface area contributed by atoms with E-state index >= 15 is 0 Å². The van der Waals surface area contributed by atoms with E-state index in [0.29, 0.717) is 30.9 Å². The summed E-state index contributed by atoms with van der Waals surface area (Å²) >= 11 is 0. The summed E-state index contributed by atoms with van der Waals surface area (Å²) in [6.07, 6.45) is 1.41. The van der Waals surface area contributed by atoms with Crippen molar-refractivity contribution in [1.82, 2.24) is 10.6 Å². The van der Waals surface area contributed by atoms with Crippen molar-refractivity contribution in [3.8, 4) is 11.5 Å². The molecule has 0 aliphatic carbocycles. The molecule has 0 bridgehead atoms. The van der Waals surface area contributed by atoms with Gasteiger partial charge < -0.3 is 25.2 Å². The Kier molecular flexibility index (Phi) is 12.0. The number of ether oxygens (including phenoxy) is 2. The van der Waals surface area contributed by atoms with E-state index in [-0.39, 0.29) is 30.5 Å². The number of aliphatic carboxylic acids is 1. The Morgan fingerprint density at radius 2 is 1.12 bits per heavy atom.